The summed E-state index contributed by atoms with van der Waals surface area (Å²) in [6.07, 6.45) is -1.78. The van der Waals surface area contributed by atoms with Crippen molar-refractivity contribution < 1.29 is 48.9 Å². The van der Waals surface area contributed by atoms with Gasteiger partial charge in [0.05, 0.1) is 18.8 Å². The largest absolute Gasteiger partial charge is 0.508 e. The molecule has 1 aliphatic rings. The van der Waals surface area contributed by atoms with Crippen LogP contribution in [0, 0.1) is 0 Å². The second-order valence-corrected chi connectivity index (χ2v) is 15.0. The molecule has 1 heterocycles. The molecular formula is C33H52N8O10S2. The number of likely N-dealkylation sites (N-methyl/N-ethyl adjacent to an activating group) is 1. The summed E-state index contributed by atoms with van der Waals surface area (Å²) < 4.78 is 0. The summed E-state index contributed by atoms with van der Waals surface area (Å²) in [5, 5.41) is 48.0. The van der Waals surface area contributed by atoms with Crippen LogP contribution in [0.2, 0.25) is 0 Å². The highest BCUT2D eigenvalue weighted by Crippen LogP contribution is 2.23. The Morgan fingerprint density at radius 2 is 1.58 bits per heavy atom. The lowest BCUT2D eigenvalue weighted by Crippen LogP contribution is -2.62. The molecule has 1 aromatic rings. The molecule has 0 radical (unpaired) electrons. The number of aliphatic hydroxyl groups excluding tert-OH is 2. The van der Waals surface area contributed by atoms with E-state index in [0.717, 1.165) is 10.8 Å². The first kappa shape index (κ1) is 45.0. The van der Waals surface area contributed by atoms with E-state index in [9.17, 15) is 48.9 Å². The van der Waals surface area contributed by atoms with E-state index in [4.69, 9.17) is 5.73 Å². The van der Waals surface area contributed by atoms with Crippen LogP contribution >= 0.6 is 21.6 Å². The van der Waals surface area contributed by atoms with E-state index in [1.165, 1.54) is 36.8 Å². The number of aliphatic hydroxyl groups is 2. The van der Waals surface area contributed by atoms with Crippen molar-refractivity contribution in [2.45, 2.75) is 95.3 Å². The highest BCUT2D eigenvalue weighted by Gasteiger charge is 2.34. The van der Waals surface area contributed by atoms with Gasteiger partial charge in [-0.3, -0.25) is 33.6 Å². The Morgan fingerprint density at radius 1 is 0.906 bits per heavy atom. The fraction of sp³-hybridized carbons (Fsp3) is 0.606. The fourth-order valence-electron chi connectivity index (χ4n) is 5.00. The maximum Gasteiger partial charge on any atom is 0.245 e. The quantitative estimate of drug-likeness (QED) is 0.0761. The topological polar surface area (TPSA) is 290 Å². The van der Waals surface area contributed by atoms with Gasteiger partial charge in [-0.2, -0.15) is 0 Å². The van der Waals surface area contributed by atoms with Gasteiger partial charge in [0.1, 0.15) is 36.0 Å². The lowest BCUT2D eigenvalue weighted by atomic mass is 10.0. The van der Waals surface area contributed by atoms with E-state index in [0.29, 0.717) is 24.9 Å². The van der Waals surface area contributed by atoms with Crippen LogP contribution in [0.3, 0.4) is 0 Å². The first-order chi connectivity index (χ1) is 25.2. The van der Waals surface area contributed by atoms with Crippen molar-refractivity contribution in [3.05, 3.63) is 29.8 Å². The number of carbonyl (C=O) groups excluding carboxylic acids is 7. The number of unbranched alkanes of at least 4 members (excludes halogenated alkanes) is 1. The summed E-state index contributed by atoms with van der Waals surface area (Å²) in [4.78, 5) is 92.2. The maximum atomic E-state index is 13.5. The second kappa shape index (κ2) is 23.5. The zero-order chi connectivity index (χ0) is 39.5. The number of aromatic hydroxyl groups is 1. The predicted molar refractivity (Wildman–Crippen MR) is 199 cm³/mol. The summed E-state index contributed by atoms with van der Waals surface area (Å²) in [5.41, 5.74) is 6.23. The molecule has 2 rings (SSSR count). The number of phenolic OH excluding ortho intramolecular Hbond substituents is 1. The molecule has 296 valence electrons. The summed E-state index contributed by atoms with van der Waals surface area (Å²) in [6.45, 7) is 4.19. The van der Waals surface area contributed by atoms with Gasteiger partial charge in [-0.1, -0.05) is 33.7 Å². The van der Waals surface area contributed by atoms with Crippen LogP contribution in [0.5, 0.6) is 5.75 Å². The molecule has 12 N–H and O–H groups in total. The van der Waals surface area contributed by atoms with Gasteiger partial charge in [0.2, 0.25) is 41.4 Å². The van der Waals surface area contributed by atoms with Crippen LogP contribution in [-0.2, 0) is 40.0 Å². The fourth-order valence-corrected chi connectivity index (χ4v) is 7.15. The van der Waals surface area contributed by atoms with Crippen molar-refractivity contribution in [1.82, 2.24) is 37.2 Å². The van der Waals surface area contributed by atoms with Gasteiger partial charge in [-0.15, -0.1) is 0 Å². The van der Waals surface area contributed by atoms with Crippen molar-refractivity contribution >= 4 is 62.9 Å². The zero-order valence-electron chi connectivity index (χ0n) is 30.0. The minimum Gasteiger partial charge on any atom is -0.508 e. The Balaban J connectivity index is 2.41. The Morgan fingerprint density at radius 3 is 2.21 bits per heavy atom. The van der Waals surface area contributed by atoms with Gasteiger partial charge in [-0.05, 0) is 64.3 Å². The molecule has 7 amide bonds. The molecule has 1 aromatic carbocycles. The SMILES string of the molecule is CCNC(=O)[C@@H](NC(=O)[C@@H]1CSSCCC(=O)N[C@@H](Cc2ccc(O)cc2)C(=O)NCC(=O)N[C@@H](CCCCN)C(=O)N[C@@H]([C@@H](C)O)C(=O)N1)[C@@H](C)O. The van der Waals surface area contributed by atoms with Crippen molar-refractivity contribution in [3.8, 4) is 5.75 Å². The Bertz CT molecular complexity index is 1400. The third-order valence-corrected chi connectivity index (χ3v) is 10.3. The molecule has 0 unspecified atom stereocenters. The molecule has 0 aliphatic carbocycles. The third-order valence-electron chi connectivity index (χ3n) is 7.89. The van der Waals surface area contributed by atoms with Crippen molar-refractivity contribution in [2.24, 2.45) is 5.73 Å². The third kappa shape index (κ3) is 16.2. The van der Waals surface area contributed by atoms with Gasteiger partial charge < -0.3 is 58.3 Å². The smallest absolute Gasteiger partial charge is 0.245 e. The zero-order valence-corrected chi connectivity index (χ0v) is 31.6. The average Bonchev–Trinajstić information content (AvgIpc) is 3.10. The summed E-state index contributed by atoms with van der Waals surface area (Å²) >= 11 is 0. The number of rotatable bonds is 12. The van der Waals surface area contributed by atoms with E-state index >= 15 is 0 Å². The van der Waals surface area contributed by atoms with Gasteiger partial charge in [0.25, 0.3) is 0 Å². The van der Waals surface area contributed by atoms with Crippen LogP contribution < -0.4 is 43.0 Å². The number of amides is 7. The molecule has 53 heavy (non-hydrogen) atoms. The number of phenols is 1. The van der Waals surface area contributed by atoms with Gasteiger partial charge in [0.15, 0.2) is 0 Å². The molecule has 1 saturated heterocycles. The molecule has 0 bridgehead atoms. The molecular weight excluding hydrogens is 733 g/mol. The van der Waals surface area contributed by atoms with Crippen LogP contribution in [0.25, 0.3) is 0 Å². The number of hydrogen-bond donors (Lipinski definition) is 11. The standard InChI is InChI=1S/C33H52N8O10S2/c1-4-35-32(50)27(18(2)42)40-31(49)24-17-53-52-14-12-25(45)38-23(15-20-8-10-21(44)11-9-20)29(47)36-16-26(46)37-22(7-5-6-13-34)30(48)41-28(19(3)43)33(51)39-24/h8-11,18-19,22-24,27-28,42-44H,4-7,12-17,34H2,1-3H3,(H,35,50)(H,36,47)(H,37,46)(H,38,45)(H,39,51)(H,40,49)(H,41,48)/t18-,19-,22+,23+,24+,27+,28+/m1/s1. The van der Waals surface area contributed by atoms with Crippen LogP contribution in [0.1, 0.15) is 52.0 Å². The van der Waals surface area contributed by atoms with Gasteiger partial charge in [0, 0.05) is 30.9 Å². The summed E-state index contributed by atoms with van der Waals surface area (Å²) in [7, 11) is 2.29. The van der Waals surface area contributed by atoms with E-state index in [1.807, 2.05) is 0 Å². The molecule has 7 atom stereocenters. The molecule has 1 fully saturated rings. The first-order valence-electron chi connectivity index (χ1n) is 17.3. The minimum atomic E-state index is -1.59. The summed E-state index contributed by atoms with van der Waals surface area (Å²) in [5.74, 6) is -5.06. The first-order valence-corrected chi connectivity index (χ1v) is 19.8. The molecule has 0 spiro atoms. The van der Waals surface area contributed by atoms with Crippen molar-refractivity contribution in [1.29, 1.82) is 0 Å². The predicted octanol–water partition coefficient (Wildman–Crippen LogP) is -2.71. The molecule has 0 saturated carbocycles. The molecule has 18 nitrogen and oxygen atoms in total. The number of carbonyl (C=O) groups is 7. The Kier molecular flexibility index (Phi) is 20.0. The van der Waals surface area contributed by atoms with Crippen molar-refractivity contribution in [2.75, 3.05) is 31.1 Å². The molecule has 1 aliphatic heterocycles. The van der Waals surface area contributed by atoms with Crippen LogP contribution in [0.15, 0.2) is 24.3 Å². The maximum absolute atomic E-state index is 13.5. The highest BCUT2D eigenvalue weighted by molar-refractivity contribution is 8.76. The average molecular weight is 785 g/mol. The lowest BCUT2D eigenvalue weighted by Gasteiger charge is -2.28. The van der Waals surface area contributed by atoms with E-state index in [2.05, 4.69) is 37.2 Å². The minimum absolute atomic E-state index is 0.0125. The van der Waals surface area contributed by atoms with Crippen molar-refractivity contribution in [3.63, 3.8) is 0 Å². The number of benzene rings is 1. The van der Waals surface area contributed by atoms with Crippen LogP contribution in [0.4, 0.5) is 0 Å². The Hall–Kier alpha value is -4.11. The molecule has 0 aromatic heterocycles. The molecule has 20 heteroatoms. The lowest BCUT2D eigenvalue weighted by molar-refractivity contribution is -0.136. The Labute approximate surface area is 316 Å². The summed E-state index contributed by atoms with van der Waals surface area (Å²) in [6, 6.07) is -0.578. The van der Waals surface area contributed by atoms with E-state index in [-0.39, 0.29) is 43.1 Å². The van der Waals surface area contributed by atoms with E-state index in [1.54, 1.807) is 19.1 Å². The van der Waals surface area contributed by atoms with Crippen LogP contribution in [-0.4, -0.2) is 130 Å². The number of nitrogens with two attached hydrogens (primary N) is 1. The van der Waals surface area contributed by atoms with Gasteiger partial charge >= 0.3 is 0 Å². The van der Waals surface area contributed by atoms with E-state index < -0.39 is 90.3 Å². The van der Waals surface area contributed by atoms with Gasteiger partial charge in [-0.25, -0.2) is 0 Å². The normalized spacial score (nSPS) is 23.1. The number of hydrogen-bond acceptors (Lipinski definition) is 13. The number of nitrogens with one attached hydrogen (secondary N) is 7. The second-order valence-electron chi connectivity index (χ2n) is 12.4. The monoisotopic (exact) mass is 784 g/mol. The highest BCUT2D eigenvalue weighted by atomic mass is 33.1.